The lowest BCUT2D eigenvalue weighted by molar-refractivity contribution is 0.735. The lowest BCUT2D eigenvalue weighted by Gasteiger charge is -2.23. The van der Waals surface area contributed by atoms with Gasteiger partial charge in [0.1, 0.15) is 0 Å². The molecule has 1 aromatic rings. The molecule has 1 aliphatic rings. The molecule has 1 heteroatoms. The van der Waals surface area contributed by atoms with Gasteiger partial charge in [-0.3, -0.25) is 0 Å². The van der Waals surface area contributed by atoms with E-state index in [2.05, 4.69) is 43.4 Å². The Morgan fingerprint density at radius 2 is 2.13 bits per heavy atom. The normalized spacial score (nSPS) is 16.9. The zero-order valence-electron chi connectivity index (χ0n) is 9.80. The van der Waals surface area contributed by atoms with E-state index in [1.165, 1.54) is 35.1 Å². The minimum atomic E-state index is 0.450. The third kappa shape index (κ3) is 1.84. The van der Waals surface area contributed by atoms with Crippen molar-refractivity contribution in [1.82, 2.24) is 5.32 Å². The van der Waals surface area contributed by atoms with Crippen LogP contribution in [0.5, 0.6) is 0 Å². The molecule has 0 heterocycles. The van der Waals surface area contributed by atoms with E-state index in [1.807, 2.05) is 7.05 Å². The number of hydrogen-bond acceptors (Lipinski definition) is 1. The minimum Gasteiger partial charge on any atom is -0.313 e. The maximum atomic E-state index is 3.33. The fourth-order valence-electron chi connectivity index (χ4n) is 2.35. The molecule has 0 radical (unpaired) electrons. The Balaban J connectivity index is 2.47. The van der Waals surface area contributed by atoms with E-state index >= 15 is 0 Å². The van der Waals surface area contributed by atoms with Gasteiger partial charge in [0, 0.05) is 6.04 Å². The number of fused-ring (bicyclic) bond motifs is 1. The van der Waals surface area contributed by atoms with Gasteiger partial charge in [-0.1, -0.05) is 24.3 Å². The van der Waals surface area contributed by atoms with Crippen molar-refractivity contribution in [2.75, 3.05) is 7.05 Å². The summed E-state index contributed by atoms with van der Waals surface area (Å²) >= 11 is 0. The van der Waals surface area contributed by atoms with Gasteiger partial charge in [-0.2, -0.15) is 0 Å². The fourth-order valence-corrected chi connectivity index (χ4v) is 2.35. The number of hydrogen-bond donors (Lipinski definition) is 1. The van der Waals surface area contributed by atoms with Crippen molar-refractivity contribution in [3.05, 3.63) is 41.0 Å². The van der Waals surface area contributed by atoms with Crippen LogP contribution in [-0.2, 0) is 6.42 Å². The first-order valence-electron chi connectivity index (χ1n) is 5.70. The molecule has 0 bridgehead atoms. The monoisotopic (exact) mass is 201 g/mol. The van der Waals surface area contributed by atoms with Crippen LogP contribution < -0.4 is 5.32 Å². The van der Waals surface area contributed by atoms with Crippen LogP contribution in [0, 0.1) is 6.92 Å². The lowest BCUT2D eigenvalue weighted by Crippen LogP contribution is -2.24. The Morgan fingerprint density at radius 1 is 1.33 bits per heavy atom. The van der Waals surface area contributed by atoms with E-state index in [0.29, 0.717) is 6.04 Å². The third-order valence-electron chi connectivity index (χ3n) is 3.38. The van der Waals surface area contributed by atoms with Gasteiger partial charge < -0.3 is 5.32 Å². The second-order valence-electron chi connectivity index (χ2n) is 4.31. The molecule has 1 aromatic carbocycles. The number of nitrogens with one attached hydrogen (secondary N) is 1. The maximum Gasteiger partial charge on any atom is 0.0291 e. The summed E-state index contributed by atoms with van der Waals surface area (Å²) < 4.78 is 0. The predicted octanol–water partition coefficient (Wildman–Crippen LogP) is 2.93. The van der Waals surface area contributed by atoms with Crippen LogP contribution in [0.2, 0.25) is 0 Å². The van der Waals surface area contributed by atoms with Crippen molar-refractivity contribution >= 4 is 5.57 Å². The van der Waals surface area contributed by atoms with Crippen LogP contribution in [0.1, 0.15) is 30.0 Å². The molecular weight excluding hydrogens is 182 g/mol. The molecule has 0 amide bonds. The van der Waals surface area contributed by atoms with Gasteiger partial charge in [0.25, 0.3) is 0 Å². The van der Waals surface area contributed by atoms with Crippen LogP contribution in [0.15, 0.2) is 24.3 Å². The number of allylic oxidation sites excluding steroid dienone is 1. The quantitative estimate of drug-likeness (QED) is 0.775. The molecular formula is C14H19N. The molecule has 80 valence electrons. The molecule has 0 aliphatic heterocycles. The van der Waals surface area contributed by atoms with Gasteiger partial charge in [0.05, 0.1) is 0 Å². The zero-order valence-corrected chi connectivity index (χ0v) is 9.80. The summed E-state index contributed by atoms with van der Waals surface area (Å²) in [6.07, 6.45) is 4.75. The summed E-state index contributed by atoms with van der Waals surface area (Å²) in [4.78, 5) is 0. The number of rotatable bonds is 2. The molecule has 1 nitrogen and oxygen atoms in total. The molecule has 1 unspecified atom stereocenters. The summed E-state index contributed by atoms with van der Waals surface area (Å²) in [5, 5.41) is 3.33. The number of aryl methyl sites for hydroxylation is 1. The van der Waals surface area contributed by atoms with Gasteiger partial charge in [-0.25, -0.2) is 0 Å². The standard InChI is InChI=1S/C14H19N/c1-10-6-4-9-14-12(10)7-5-8-13(14)11(2)15-3/h4,6,8-9,11,15H,5,7H2,1-3H3. The Bertz CT molecular complexity index is 390. The molecule has 0 saturated heterocycles. The summed E-state index contributed by atoms with van der Waals surface area (Å²) in [5.74, 6) is 0. The van der Waals surface area contributed by atoms with Crippen LogP contribution >= 0.6 is 0 Å². The SMILES string of the molecule is CNC(C)C1=CCCc2c(C)cccc21. The highest BCUT2D eigenvalue weighted by molar-refractivity contribution is 5.74. The highest BCUT2D eigenvalue weighted by Crippen LogP contribution is 2.30. The van der Waals surface area contributed by atoms with Crippen molar-refractivity contribution in [2.24, 2.45) is 0 Å². The Hall–Kier alpha value is -1.08. The molecule has 15 heavy (non-hydrogen) atoms. The smallest absolute Gasteiger partial charge is 0.0291 e. The van der Waals surface area contributed by atoms with E-state index < -0.39 is 0 Å². The highest BCUT2D eigenvalue weighted by Gasteiger charge is 2.17. The van der Waals surface area contributed by atoms with Crippen LogP contribution in [0.3, 0.4) is 0 Å². The Kier molecular flexibility index (Phi) is 2.92. The van der Waals surface area contributed by atoms with Crippen molar-refractivity contribution in [1.29, 1.82) is 0 Å². The predicted molar refractivity (Wildman–Crippen MR) is 66.0 cm³/mol. The van der Waals surface area contributed by atoms with Crippen LogP contribution in [0.4, 0.5) is 0 Å². The van der Waals surface area contributed by atoms with Gasteiger partial charge >= 0.3 is 0 Å². The van der Waals surface area contributed by atoms with Crippen molar-refractivity contribution < 1.29 is 0 Å². The second-order valence-corrected chi connectivity index (χ2v) is 4.31. The van der Waals surface area contributed by atoms with Gasteiger partial charge in [0.15, 0.2) is 0 Å². The second kappa shape index (κ2) is 4.19. The first kappa shape index (κ1) is 10.4. The molecule has 0 saturated carbocycles. The lowest BCUT2D eigenvalue weighted by atomic mass is 9.85. The average Bonchev–Trinajstić information content (AvgIpc) is 2.28. The van der Waals surface area contributed by atoms with E-state index in [1.54, 1.807) is 0 Å². The van der Waals surface area contributed by atoms with E-state index in [9.17, 15) is 0 Å². The van der Waals surface area contributed by atoms with Gasteiger partial charge in [-0.05, 0) is 56.0 Å². The van der Waals surface area contributed by atoms with Crippen molar-refractivity contribution in [3.8, 4) is 0 Å². The molecule has 0 spiro atoms. The molecule has 1 aliphatic carbocycles. The molecule has 1 atom stereocenters. The van der Waals surface area contributed by atoms with Gasteiger partial charge in [0.2, 0.25) is 0 Å². The number of benzene rings is 1. The summed E-state index contributed by atoms with van der Waals surface area (Å²) in [5.41, 5.74) is 5.88. The summed E-state index contributed by atoms with van der Waals surface area (Å²) in [6.45, 7) is 4.44. The summed E-state index contributed by atoms with van der Waals surface area (Å²) in [7, 11) is 2.02. The topological polar surface area (TPSA) is 12.0 Å². The molecule has 0 aromatic heterocycles. The largest absolute Gasteiger partial charge is 0.313 e. The van der Waals surface area contributed by atoms with Crippen molar-refractivity contribution in [3.63, 3.8) is 0 Å². The van der Waals surface area contributed by atoms with Crippen LogP contribution in [-0.4, -0.2) is 13.1 Å². The molecule has 1 N–H and O–H groups in total. The highest BCUT2D eigenvalue weighted by atomic mass is 14.9. The minimum absolute atomic E-state index is 0.450. The van der Waals surface area contributed by atoms with E-state index in [0.717, 1.165) is 0 Å². The van der Waals surface area contributed by atoms with Crippen molar-refractivity contribution in [2.45, 2.75) is 32.7 Å². The van der Waals surface area contributed by atoms with Crippen LogP contribution in [0.25, 0.3) is 5.57 Å². The molecule has 0 fully saturated rings. The van der Waals surface area contributed by atoms with E-state index in [4.69, 9.17) is 0 Å². The fraction of sp³-hybridized carbons (Fsp3) is 0.429. The average molecular weight is 201 g/mol. The van der Waals surface area contributed by atoms with E-state index in [-0.39, 0.29) is 0 Å². The first-order chi connectivity index (χ1) is 7.24. The molecule has 2 rings (SSSR count). The third-order valence-corrected chi connectivity index (χ3v) is 3.38. The summed E-state index contributed by atoms with van der Waals surface area (Å²) in [6, 6.07) is 7.08. The Morgan fingerprint density at radius 3 is 2.87 bits per heavy atom. The Labute approximate surface area is 92.2 Å². The first-order valence-corrected chi connectivity index (χ1v) is 5.70. The van der Waals surface area contributed by atoms with Gasteiger partial charge in [-0.15, -0.1) is 0 Å². The maximum absolute atomic E-state index is 3.33. The zero-order chi connectivity index (χ0) is 10.8. The number of likely N-dealkylation sites (N-methyl/N-ethyl adjacent to an activating group) is 1.